The van der Waals surface area contributed by atoms with Gasteiger partial charge in [0.15, 0.2) is 6.23 Å². The second-order valence-electron chi connectivity index (χ2n) is 9.41. The minimum Gasteiger partial charge on any atom is -0.383 e. The van der Waals surface area contributed by atoms with Gasteiger partial charge >= 0.3 is 11.8 Å². The highest BCUT2D eigenvalue weighted by atomic mass is 16.5. The Kier molecular flexibility index (Phi) is 6.42. The van der Waals surface area contributed by atoms with E-state index in [0.717, 1.165) is 37.8 Å². The Morgan fingerprint density at radius 1 is 1.20 bits per heavy atom. The van der Waals surface area contributed by atoms with Crippen molar-refractivity contribution in [1.29, 1.82) is 0 Å². The van der Waals surface area contributed by atoms with E-state index in [4.69, 9.17) is 10.5 Å². The molecule has 3 aromatic heterocycles. The van der Waals surface area contributed by atoms with Crippen molar-refractivity contribution in [2.75, 3.05) is 24.2 Å². The first kappa shape index (κ1) is 23.3. The molecule has 35 heavy (non-hydrogen) atoms. The van der Waals surface area contributed by atoms with Gasteiger partial charge in [0.25, 0.3) is 0 Å². The van der Waals surface area contributed by atoms with Crippen LogP contribution in [0.4, 0.5) is 11.5 Å². The minimum absolute atomic E-state index is 0.197. The second-order valence-corrected chi connectivity index (χ2v) is 9.41. The molecular weight excluding hydrogens is 448 g/mol. The standard InChI is InChI=1S/C24H32N8O3/c1-3-31-19(9-10-27-31)18-8-7-15(2)14-30(18)24(34)23(33)29-17-13-26-22(25)16-12-28-32(21(16)17)20-6-4-5-11-35-20/h9-10,12-13,15,18,20H,3-8,11,14H2,1-2H3,(H2,25,26)(H,29,33). The summed E-state index contributed by atoms with van der Waals surface area (Å²) in [5.41, 5.74) is 8.04. The van der Waals surface area contributed by atoms with E-state index in [1.54, 1.807) is 22.0 Å². The highest BCUT2D eigenvalue weighted by Gasteiger charge is 2.36. The zero-order valence-corrected chi connectivity index (χ0v) is 20.2. The van der Waals surface area contributed by atoms with Crippen molar-refractivity contribution < 1.29 is 14.3 Å². The van der Waals surface area contributed by atoms with Gasteiger partial charge in [0.05, 0.1) is 35.2 Å². The maximum Gasteiger partial charge on any atom is 0.314 e. The first-order valence-electron chi connectivity index (χ1n) is 12.3. The molecule has 0 aromatic carbocycles. The van der Waals surface area contributed by atoms with Gasteiger partial charge in [0.2, 0.25) is 0 Å². The third kappa shape index (κ3) is 4.36. The van der Waals surface area contributed by atoms with Crippen molar-refractivity contribution in [3.63, 3.8) is 0 Å². The second kappa shape index (κ2) is 9.65. The number of nitrogens with two attached hydrogens (primary N) is 1. The van der Waals surface area contributed by atoms with Crippen molar-refractivity contribution in [3.05, 3.63) is 30.4 Å². The number of piperidine rings is 1. The lowest BCUT2D eigenvalue weighted by Gasteiger charge is -2.38. The summed E-state index contributed by atoms with van der Waals surface area (Å²) in [7, 11) is 0. The van der Waals surface area contributed by atoms with E-state index in [0.29, 0.717) is 48.0 Å². The number of nitrogens with zero attached hydrogens (tertiary/aromatic N) is 6. The molecule has 0 aliphatic carbocycles. The van der Waals surface area contributed by atoms with Crippen LogP contribution in [0.1, 0.15) is 63.9 Å². The highest BCUT2D eigenvalue weighted by molar-refractivity contribution is 6.40. The van der Waals surface area contributed by atoms with E-state index in [1.807, 2.05) is 17.7 Å². The number of pyridine rings is 1. The topological polar surface area (TPSA) is 133 Å². The molecule has 11 nitrogen and oxygen atoms in total. The maximum absolute atomic E-state index is 13.5. The Morgan fingerprint density at radius 3 is 2.83 bits per heavy atom. The van der Waals surface area contributed by atoms with Crippen LogP contribution >= 0.6 is 0 Å². The number of aromatic nitrogens is 5. The molecule has 3 unspecified atom stereocenters. The Morgan fingerprint density at radius 2 is 2.06 bits per heavy atom. The van der Waals surface area contributed by atoms with Crippen LogP contribution in [0.25, 0.3) is 10.9 Å². The van der Waals surface area contributed by atoms with E-state index in [-0.39, 0.29) is 12.3 Å². The number of carbonyl (C=O) groups excluding carboxylic acids is 2. The van der Waals surface area contributed by atoms with Gasteiger partial charge in [-0.15, -0.1) is 0 Å². The Labute approximate surface area is 203 Å². The van der Waals surface area contributed by atoms with Crippen LogP contribution in [-0.4, -0.2) is 54.4 Å². The molecule has 2 aliphatic heterocycles. The molecule has 0 spiro atoms. The normalized spacial score (nSPS) is 22.9. The van der Waals surface area contributed by atoms with Crippen molar-refractivity contribution in [1.82, 2.24) is 29.4 Å². The van der Waals surface area contributed by atoms with Crippen molar-refractivity contribution in [3.8, 4) is 0 Å². The summed E-state index contributed by atoms with van der Waals surface area (Å²) in [6.45, 7) is 5.97. The molecule has 2 fully saturated rings. The van der Waals surface area contributed by atoms with Gasteiger partial charge in [0.1, 0.15) is 11.3 Å². The van der Waals surface area contributed by atoms with Crippen molar-refractivity contribution in [2.45, 2.75) is 64.8 Å². The summed E-state index contributed by atoms with van der Waals surface area (Å²) in [5, 5.41) is 12.2. The van der Waals surface area contributed by atoms with Gasteiger partial charge in [-0.2, -0.15) is 10.2 Å². The van der Waals surface area contributed by atoms with E-state index >= 15 is 0 Å². The van der Waals surface area contributed by atoms with Crippen molar-refractivity contribution >= 4 is 34.2 Å². The zero-order valence-electron chi connectivity index (χ0n) is 20.2. The predicted molar refractivity (Wildman–Crippen MR) is 130 cm³/mol. The number of amides is 2. The van der Waals surface area contributed by atoms with Crippen LogP contribution in [0.5, 0.6) is 0 Å². The molecule has 5 rings (SSSR count). The molecular formula is C24H32N8O3. The van der Waals surface area contributed by atoms with Gasteiger partial charge < -0.3 is 20.7 Å². The van der Waals surface area contributed by atoms with Gasteiger partial charge in [-0.1, -0.05) is 6.92 Å². The number of fused-ring (bicyclic) bond motifs is 1. The SMILES string of the molecule is CCn1nccc1C1CCC(C)CN1C(=O)C(=O)Nc1cnc(N)c2cnn(C3CCCCO3)c12. The molecule has 11 heteroatoms. The van der Waals surface area contributed by atoms with Crippen LogP contribution in [0, 0.1) is 5.92 Å². The summed E-state index contributed by atoms with van der Waals surface area (Å²) in [6, 6.07) is 1.73. The lowest BCUT2D eigenvalue weighted by Crippen LogP contribution is -2.47. The number of aryl methyl sites for hydroxylation is 1. The molecule has 3 N–H and O–H groups in total. The van der Waals surface area contributed by atoms with Crippen molar-refractivity contribution in [2.24, 2.45) is 5.92 Å². The number of hydrogen-bond donors (Lipinski definition) is 2. The number of carbonyl (C=O) groups is 2. The average Bonchev–Trinajstić information content (AvgIpc) is 3.54. The van der Waals surface area contributed by atoms with Crippen LogP contribution in [0.15, 0.2) is 24.7 Å². The highest BCUT2D eigenvalue weighted by Crippen LogP contribution is 2.35. The van der Waals surface area contributed by atoms with Crippen LogP contribution in [0.3, 0.4) is 0 Å². The fourth-order valence-corrected chi connectivity index (χ4v) is 5.19. The Balaban J connectivity index is 1.43. The molecule has 3 aromatic rings. The summed E-state index contributed by atoms with van der Waals surface area (Å²) >= 11 is 0. The molecule has 2 amide bonds. The zero-order chi connectivity index (χ0) is 24.5. The third-order valence-corrected chi connectivity index (χ3v) is 7.00. The number of anilines is 2. The van der Waals surface area contributed by atoms with Gasteiger partial charge in [-0.3, -0.25) is 14.3 Å². The van der Waals surface area contributed by atoms with Crippen LogP contribution in [0.2, 0.25) is 0 Å². The van der Waals surface area contributed by atoms with Gasteiger partial charge in [-0.05, 0) is 51.0 Å². The Hall–Kier alpha value is -3.47. The first-order valence-corrected chi connectivity index (χ1v) is 12.3. The van der Waals surface area contributed by atoms with E-state index in [2.05, 4.69) is 27.4 Å². The minimum atomic E-state index is -0.711. The monoisotopic (exact) mass is 480 g/mol. The third-order valence-electron chi connectivity index (χ3n) is 7.00. The van der Waals surface area contributed by atoms with Gasteiger partial charge in [0, 0.05) is 25.9 Å². The predicted octanol–water partition coefficient (Wildman–Crippen LogP) is 2.87. The fourth-order valence-electron chi connectivity index (χ4n) is 5.19. The lowest BCUT2D eigenvalue weighted by molar-refractivity contribution is -0.146. The number of hydrogen-bond acceptors (Lipinski definition) is 7. The number of rotatable bonds is 4. The molecule has 0 radical (unpaired) electrons. The summed E-state index contributed by atoms with van der Waals surface area (Å²) < 4.78 is 9.52. The molecule has 0 bridgehead atoms. The number of nitrogens with one attached hydrogen (secondary N) is 1. The molecule has 2 saturated heterocycles. The fraction of sp³-hybridized carbons (Fsp3) is 0.542. The first-order chi connectivity index (χ1) is 17.0. The summed E-state index contributed by atoms with van der Waals surface area (Å²) in [4.78, 5) is 32.6. The summed E-state index contributed by atoms with van der Waals surface area (Å²) in [5.74, 6) is -0.674. The van der Waals surface area contributed by atoms with Gasteiger partial charge in [-0.25, -0.2) is 9.67 Å². The maximum atomic E-state index is 13.5. The Bertz CT molecular complexity index is 1230. The summed E-state index contributed by atoms with van der Waals surface area (Å²) in [6.07, 6.45) is 9.19. The van der Waals surface area contributed by atoms with E-state index in [9.17, 15) is 9.59 Å². The molecule has 0 saturated carbocycles. The molecule has 2 aliphatic rings. The average molecular weight is 481 g/mol. The molecule has 5 heterocycles. The smallest absolute Gasteiger partial charge is 0.314 e. The quantitative estimate of drug-likeness (QED) is 0.549. The van der Waals surface area contributed by atoms with E-state index < -0.39 is 11.8 Å². The van der Waals surface area contributed by atoms with Crippen LogP contribution < -0.4 is 11.1 Å². The largest absolute Gasteiger partial charge is 0.383 e. The van der Waals surface area contributed by atoms with E-state index in [1.165, 1.54) is 6.20 Å². The molecule has 186 valence electrons. The van der Waals surface area contributed by atoms with Crippen LogP contribution in [-0.2, 0) is 20.9 Å². The lowest BCUT2D eigenvalue weighted by atomic mass is 9.92. The number of nitrogen functional groups attached to an aromatic ring is 1. The number of likely N-dealkylation sites (tertiary alicyclic amines) is 1. The number of ether oxygens (including phenoxy) is 1. The molecule has 3 atom stereocenters.